The lowest BCUT2D eigenvalue weighted by Gasteiger charge is -2.28. The zero-order valence-corrected chi connectivity index (χ0v) is 14.2. The van der Waals surface area contributed by atoms with Gasteiger partial charge in [0.2, 0.25) is 5.79 Å². The van der Waals surface area contributed by atoms with Gasteiger partial charge in [-0.1, -0.05) is 25.7 Å². The topological polar surface area (TPSA) is 61.8 Å². The molecule has 22 heavy (non-hydrogen) atoms. The molecule has 0 saturated heterocycles. The van der Waals surface area contributed by atoms with Gasteiger partial charge in [-0.15, -0.1) is 0 Å². The maximum atomic E-state index is 11.6. The summed E-state index contributed by atoms with van der Waals surface area (Å²) in [4.78, 5) is 22.6. The van der Waals surface area contributed by atoms with Crippen molar-refractivity contribution in [3.8, 4) is 0 Å². The number of cyclic esters (lactones) is 1. The highest BCUT2D eigenvalue weighted by Crippen LogP contribution is 2.37. The molecule has 0 spiro atoms. The summed E-state index contributed by atoms with van der Waals surface area (Å²) in [5, 5.41) is 0. The Morgan fingerprint density at radius 1 is 1.05 bits per heavy atom. The van der Waals surface area contributed by atoms with Gasteiger partial charge in [0.05, 0.1) is 7.11 Å². The van der Waals surface area contributed by atoms with Gasteiger partial charge in [0.1, 0.15) is 0 Å². The van der Waals surface area contributed by atoms with Crippen molar-refractivity contribution in [1.82, 2.24) is 0 Å². The maximum absolute atomic E-state index is 11.6. The molecule has 126 valence electrons. The van der Waals surface area contributed by atoms with E-state index >= 15 is 0 Å². The molecular formula is C17H28O5. The first-order valence-electron chi connectivity index (χ1n) is 8.00. The number of methoxy groups -OCH3 is 2. The first-order chi connectivity index (χ1) is 10.5. The molecule has 0 amide bonds. The second-order valence-electron chi connectivity index (χ2n) is 5.79. The normalized spacial score (nSPS) is 21.2. The van der Waals surface area contributed by atoms with Gasteiger partial charge >= 0.3 is 11.9 Å². The second-order valence-corrected chi connectivity index (χ2v) is 5.79. The van der Waals surface area contributed by atoms with Gasteiger partial charge in [0, 0.05) is 31.1 Å². The van der Waals surface area contributed by atoms with Crippen LogP contribution in [0.3, 0.4) is 0 Å². The van der Waals surface area contributed by atoms with Gasteiger partial charge in [-0.3, -0.25) is 4.79 Å². The predicted octanol–water partition coefficient (Wildman–Crippen LogP) is 3.52. The molecule has 5 heteroatoms. The van der Waals surface area contributed by atoms with Crippen LogP contribution < -0.4 is 0 Å². The summed E-state index contributed by atoms with van der Waals surface area (Å²) in [5.41, 5.74) is 1.54. The predicted molar refractivity (Wildman–Crippen MR) is 83.2 cm³/mol. The first kappa shape index (κ1) is 18.7. The molecule has 1 aliphatic rings. The summed E-state index contributed by atoms with van der Waals surface area (Å²) >= 11 is 0. The number of hydrogen-bond acceptors (Lipinski definition) is 5. The lowest BCUT2D eigenvalue weighted by atomic mass is 9.98. The van der Waals surface area contributed by atoms with Crippen LogP contribution in [0.2, 0.25) is 0 Å². The minimum absolute atomic E-state index is 0.136. The van der Waals surface area contributed by atoms with Crippen LogP contribution in [0.5, 0.6) is 0 Å². The Hall–Kier alpha value is -1.36. The third kappa shape index (κ3) is 4.83. The Bertz CT molecular complexity index is 427. The molecular weight excluding hydrogens is 284 g/mol. The van der Waals surface area contributed by atoms with Crippen molar-refractivity contribution >= 4 is 11.9 Å². The van der Waals surface area contributed by atoms with Gasteiger partial charge < -0.3 is 14.2 Å². The summed E-state index contributed by atoms with van der Waals surface area (Å²) in [5.74, 6) is -1.27. The van der Waals surface area contributed by atoms with Crippen molar-refractivity contribution in [3.63, 3.8) is 0 Å². The monoisotopic (exact) mass is 312 g/mol. The molecule has 0 saturated carbocycles. The van der Waals surface area contributed by atoms with Crippen LogP contribution in [-0.4, -0.2) is 31.9 Å². The average Bonchev–Trinajstić information content (AvgIpc) is 2.74. The highest BCUT2D eigenvalue weighted by molar-refractivity contribution is 5.92. The van der Waals surface area contributed by atoms with Crippen LogP contribution in [0.15, 0.2) is 11.1 Å². The van der Waals surface area contributed by atoms with Crippen molar-refractivity contribution in [2.75, 3.05) is 14.2 Å². The Morgan fingerprint density at radius 3 is 2.14 bits per heavy atom. The van der Waals surface area contributed by atoms with Gasteiger partial charge in [-0.25, -0.2) is 4.79 Å². The van der Waals surface area contributed by atoms with E-state index in [0.29, 0.717) is 18.4 Å². The number of ether oxygens (including phenoxy) is 3. The van der Waals surface area contributed by atoms with Crippen LogP contribution in [0.25, 0.3) is 0 Å². The Morgan fingerprint density at radius 2 is 1.64 bits per heavy atom. The van der Waals surface area contributed by atoms with Crippen LogP contribution in [0.1, 0.15) is 65.2 Å². The molecule has 0 aromatic carbocycles. The largest absolute Gasteiger partial charge is 0.469 e. The molecule has 1 atom stereocenters. The van der Waals surface area contributed by atoms with Gasteiger partial charge in [0.25, 0.3) is 0 Å². The minimum atomic E-state index is -0.855. The zero-order chi connectivity index (χ0) is 16.6. The molecule has 0 bridgehead atoms. The smallest absolute Gasteiger partial charge is 0.336 e. The second kappa shape index (κ2) is 8.93. The van der Waals surface area contributed by atoms with Gasteiger partial charge in [0.15, 0.2) is 0 Å². The van der Waals surface area contributed by atoms with Crippen LogP contribution in [0, 0.1) is 0 Å². The number of carbonyl (C=O) groups is 2. The van der Waals surface area contributed by atoms with E-state index in [9.17, 15) is 9.59 Å². The highest BCUT2D eigenvalue weighted by atomic mass is 16.7. The number of unbranched alkanes of at least 4 members (excludes halogenated alkanes) is 5. The average molecular weight is 312 g/mol. The fraction of sp³-hybridized carbons (Fsp3) is 0.765. The number of rotatable bonds is 10. The van der Waals surface area contributed by atoms with Crippen LogP contribution in [0.4, 0.5) is 0 Å². The first-order valence-corrected chi connectivity index (χ1v) is 8.00. The van der Waals surface area contributed by atoms with Crippen molar-refractivity contribution in [2.45, 2.75) is 71.0 Å². The van der Waals surface area contributed by atoms with E-state index in [-0.39, 0.29) is 11.9 Å². The summed E-state index contributed by atoms with van der Waals surface area (Å²) in [6.07, 6.45) is 7.34. The standard InChI is InChI=1S/C17H28O5/c1-13-14(2)17(21-4,22-16(13)19)12-10-8-6-5-7-9-11-15(18)20-3/h5-12H2,1-4H3. The van der Waals surface area contributed by atoms with Crippen molar-refractivity contribution in [3.05, 3.63) is 11.1 Å². The van der Waals surface area contributed by atoms with Crippen molar-refractivity contribution in [2.24, 2.45) is 0 Å². The maximum Gasteiger partial charge on any atom is 0.336 e. The summed E-state index contributed by atoms with van der Waals surface area (Å²) in [6.45, 7) is 3.68. The van der Waals surface area contributed by atoms with Crippen molar-refractivity contribution < 1.29 is 23.8 Å². The minimum Gasteiger partial charge on any atom is -0.469 e. The van der Waals surface area contributed by atoms with Gasteiger partial charge in [-0.05, 0) is 26.7 Å². The SMILES string of the molecule is COC(=O)CCCCCCCCC1(OC)OC(=O)C(C)=C1C. The Kier molecular flexibility index (Phi) is 7.59. The molecule has 0 N–H and O–H groups in total. The van der Waals surface area contributed by atoms with E-state index in [1.165, 1.54) is 7.11 Å². The van der Waals surface area contributed by atoms with E-state index in [2.05, 4.69) is 4.74 Å². The lowest BCUT2D eigenvalue weighted by molar-refractivity contribution is -0.195. The quantitative estimate of drug-likeness (QED) is 0.456. The molecule has 1 aliphatic heterocycles. The van der Waals surface area contributed by atoms with E-state index < -0.39 is 5.79 Å². The molecule has 1 rings (SSSR count). The summed E-state index contributed by atoms with van der Waals surface area (Å²) < 4.78 is 15.5. The molecule has 0 radical (unpaired) electrons. The lowest BCUT2D eigenvalue weighted by Crippen LogP contribution is -2.33. The van der Waals surface area contributed by atoms with Crippen LogP contribution in [-0.2, 0) is 23.8 Å². The Balaban J connectivity index is 2.19. The molecule has 0 fully saturated rings. The van der Waals surface area contributed by atoms with Gasteiger partial charge in [-0.2, -0.15) is 0 Å². The number of carbonyl (C=O) groups excluding carboxylic acids is 2. The van der Waals surface area contributed by atoms with E-state index in [1.54, 1.807) is 14.0 Å². The molecule has 0 aromatic rings. The zero-order valence-electron chi connectivity index (χ0n) is 14.2. The molecule has 1 heterocycles. The fourth-order valence-electron chi connectivity index (χ4n) is 2.71. The summed E-state index contributed by atoms with van der Waals surface area (Å²) in [7, 11) is 3.00. The third-order valence-electron chi connectivity index (χ3n) is 4.39. The summed E-state index contributed by atoms with van der Waals surface area (Å²) in [6, 6.07) is 0. The molecule has 5 nitrogen and oxygen atoms in total. The molecule has 0 aliphatic carbocycles. The van der Waals surface area contributed by atoms with E-state index in [4.69, 9.17) is 9.47 Å². The third-order valence-corrected chi connectivity index (χ3v) is 4.39. The fourth-order valence-corrected chi connectivity index (χ4v) is 2.71. The van der Waals surface area contributed by atoms with E-state index in [0.717, 1.165) is 44.1 Å². The molecule has 0 aromatic heterocycles. The number of hydrogen-bond donors (Lipinski definition) is 0. The van der Waals surface area contributed by atoms with E-state index in [1.807, 2.05) is 6.92 Å². The van der Waals surface area contributed by atoms with Crippen molar-refractivity contribution in [1.29, 1.82) is 0 Å². The molecule has 1 unspecified atom stereocenters. The Labute approximate surface area is 133 Å². The number of esters is 2. The van der Waals surface area contributed by atoms with Crippen LogP contribution >= 0.6 is 0 Å². The highest BCUT2D eigenvalue weighted by Gasteiger charge is 2.43.